The molecule has 4 rings (SSSR count). The molecule has 0 aromatic heterocycles. The van der Waals surface area contributed by atoms with Crippen LogP contribution in [0, 0.1) is 34.5 Å². The molecule has 3 saturated carbocycles. The van der Waals surface area contributed by atoms with Crippen LogP contribution in [-0.2, 0) is 4.79 Å². The van der Waals surface area contributed by atoms with Crippen LogP contribution in [0.1, 0.15) is 72.1 Å². The van der Waals surface area contributed by atoms with Gasteiger partial charge in [-0.2, -0.15) is 0 Å². The molecule has 4 aliphatic carbocycles. The molecule has 0 bridgehead atoms. The highest BCUT2D eigenvalue weighted by atomic mass is 16.1. The van der Waals surface area contributed by atoms with Gasteiger partial charge in [0.1, 0.15) is 0 Å². The van der Waals surface area contributed by atoms with Crippen molar-refractivity contribution in [3.8, 4) is 0 Å². The van der Waals surface area contributed by atoms with Crippen LogP contribution in [0.2, 0.25) is 0 Å². The third kappa shape index (κ3) is 1.79. The van der Waals surface area contributed by atoms with Crippen LogP contribution in [0.3, 0.4) is 0 Å². The Morgan fingerprint density at radius 3 is 2.62 bits per heavy atom. The van der Waals surface area contributed by atoms with Gasteiger partial charge in [-0.05, 0) is 85.5 Å². The number of rotatable bonds is 0. The van der Waals surface area contributed by atoms with Crippen molar-refractivity contribution in [2.24, 2.45) is 34.5 Å². The lowest BCUT2D eigenvalue weighted by molar-refractivity contribution is -0.117. The van der Waals surface area contributed by atoms with Crippen LogP contribution in [0.15, 0.2) is 11.6 Å². The minimum absolute atomic E-state index is 0.351. The summed E-state index contributed by atoms with van der Waals surface area (Å²) in [7, 11) is 0. The summed E-state index contributed by atoms with van der Waals surface area (Å²) in [6.07, 6.45) is 12.2. The van der Waals surface area contributed by atoms with Crippen LogP contribution >= 0.6 is 0 Å². The van der Waals surface area contributed by atoms with E-state index in [1.165, 1.54) is 44.1 Å². The summed E-state index contributed by atoms with van der Waals surface area (Å²) in [6.45, 7) is 7.57. The van der Waals surface area contributed by atoms with Crippen molar-refractivity contribution < 1.29 is 4.79 Å². The SMILES string of the molecule is C[C@H]1CC[C@H]2[C@@H]3CCC4=CC(=O)CC[C@]4(C)[C@H]3CC[C@]12C. The number of carbonyl (C=O) groups is 1. The summed E-state index contributed by atoms with van der Waals surface area (Å²) in [5, 5.41) is 0. The topological polar surface area (TPSA) is 17.1 Å². The Balaban J connectivity index is 1.69. The molecule has 0 radical (unpaired) electrons. The van der Waals surface area contributed by atoms with Gasteiger partial charge in [-0.1, -0.05) is 26.3 Å². The molecular formula is C20H30O. The second kappa shape index (κ2) is 4.46. The van der Waals surface area contributed by atoms with Gasteiger partial charge in [-0.25, -0.2) is 0 Å². The first kappa shape index (κ1) is 14.0. The summed E-state index contributed by atoms with van der Waals surface area (Å²) in [5.74, 6) is 4.05. The first-order valence-corrected chi connectivity index (χ1v) is 9.19. The summed E-state index contributed by atoms with van der Waals surface area (Å²) in [4.78, 5) is 11.8. The normalized spacial score (nSPS) is 52.7. The van der Waals surface area contributed by atoms with Crippen LogP contribution in [0.25, 0.3) is 0 Å². The molecule has 4 aliphatic rings. The van der Waals surface area contributed by atoms with Gasteiger partial charge in [0, 0.05) is 6.42 Å². The Hall–Kier alpha value is -0.590. The molecule has 1 nitrogen and oxygen atoms in total. The number of hydrogen-bond acceptors (Lipinski definition) is 1. The smallest absolute Gasteiger partial charge is 0.155 e. The first-order valence-electron chi connectivity index (χ1n) is 9.19. The molecule has 0 N–H and O–H groups in total. The summed E-state index contributed by atoms with van der Waals surface area (Å²) < 4.78 is 0. The molecule has 116 valence electrons. The summed E-state index contributed by atoms with van der Waals surface area (Å²) >= 11 is 0. The average Bonchev–Trinajstić information content (AvgIpc) is 2.76. The Morgan fingerprint density at radius 2 is 1.81 bits per heavy atom. The molecule has 0 saturated heterocycles. The van der Waals surface area contributed by atoms with Crippen LogP contribution in [0.4, 0.5) is 0 Å². The maximum Gasteiger partial charge on any atom is 0.155 e. The number of ketones is 1. The Labute approximate surface area is 129 Å². The van der Waals surface area contributed by atoms with Gasteiger partial charge in [-0.15, -0.1) is 0 Å². The predicted octanol–water partition coefficient (Wildman–Crippen LogP) is 5.15. The third-order valence-electron chi connectivity index (χ3n) is 8.44. The molecular weight excluding hydrogens is 256 g/mol. The van der Waals surface area contributed by atoms with E-state index in [1.807, 2.05) is 6.08 Å². The minimum Gasteiger partial charge on any atom is -0.295 e. The summed E-state index contributed by atoms with van der Waals surface area (Å²) in [6, 6.07) is 0. The van der Waals surface area contributed by atoms with Gasteiger partial charge in [0.05, 0.1) is 0 Å². The van der Waals surface area contributed by atoms with Gasteiger partial charge >= 0.3 is 0 Å². The zero-order chi connectivity index (χ0) is 14.8. The van der Waals surface area contributed by atoms with Gasteiger partial charge in [0.2, 0.25) is 0 Å². The van der Waals surface area contributed by atoms with Crippen molar-refractivity contribution in [1.82, 2.24) is 0 Å². The zero-order valence-electron chi connectivity index (χ0n) is 14.0. The highest BCUT2D eigenvalue weighted by Gasteiger charge is 2.57. The maximum atomic E-state index is 11.8. The van der Waals surface area contributed by atoms with E-state index >= 15 is 0 Å². The molecule has 0 unspecified atom stereocenters. The highest BCUT2D eigenvalue weighted by molar-refractivity contribution is 5.91. The van der Waals surface area contributed by atoms with Crippen molar-refractivity contribution in [1.29, 1.82) is 0 Å². The quantitative estimate of drug-likeness (QED) is 0.601. The first-order chi connectivity index (χ1) is 9.95. The molecule has 0 aromatic rings. The molecule has 0 aliphatic heterocycles. The van der Waals surface area contributed by atoms with Gasteiger partial charge < -0.3 is 0 Å². The van der Waals surface area contributed by atoms with Crippen LogP contribution in [0.5, 0.6) is 0 Å². The molecule has 0 spiro atoms. The van der Waals surface area contributed by atoms with Crippen molar-refractivity contribution >= 4 is 5.78 Å². The molecule has 0 amide bonds. The van der Waals surface area contributed by atoms with Crippen LogP contribution < -0.4 is 0 Å². The number of allylic oxidation sites excluding steroid dienone is 1. The van der Waals surface area contributed by atoms with E-state index in [0.29, 0.717) is 16.6 Å². The standard InChI is InChI=1S/C20H30O/c1-13-4-7-17-16-6-5-14-12-15(21)8-10-20(14,3)18(16)9-11-19(13,17)2/h12-13,16-18H,4-11H2,1-3H3/t13-,16-,17-,18-,19+,20-/m0/s1. The number of carbonyl (C=O) groups excluding carboxylic acids is 1. The maximum absolute atomic E-state index is 11.8. The van der Waals surface area contributed by atoms with Gasteiger partial charge in [0.25, 0.3) is 0 Å². The van der Waals surface area contributed by atoms with E-state index in [1.54, 1.807) is 0 Å². The third-order valence-corrected chi connectivity index (χ3v) is 8.44. The van der Waals surface area contributed by atoms with E-state index in [-0.39, 0.29) is 0 Å². The minimum atomic E-state index is 0.351. The molecule has 1 heteroatoms. The monoisotopic (exact) mass is 286 g/mol. The highest BCUT2D eigenvalue weighted by Crippen LogP contribution is 2.66. The van der Waals surface area contributed by atoms with Crippen molar-refractivity contribution in [2.75, 3.05) is 0 Å². The van der Waals surface area contributed by atoms with Crippen molar-refractivity contribution in [3.63, 3.8) is 0 Å². The Morgan fingerprint density at radius 1 is 1.00 bits per heavy atom. The largest absolute Gasteiger partial charge is 0.295 e. The molecule has 6 atom stereocenters. The van der Waals surface area contributed by atoms with Gasteiger partial charge in [0.15, 0.2) is 5.78 Å². The molecule has 21 heavy (non-hydrogen) atoms. The lowest BCUT2D eigenvalue weighted by Crippen LogP contribution is -2.50. The van der Waals surface area contributed by atoms with E-state index in [4.69, 9.17) is 0 Å². The lowest BCUT2D eigenvalue weighted by Gasteiger charge is -2.58. The second-order valence-electron chi connectivity index (χ2n) is 8.99. The van der Waals surface area contributed by atoms with Gasteiger partial charge in [-0.3, -0.25) is 4.79 Å². The predicted molar refractivity (Wildman–Crippen MR) is 85.9 cm³/mol. The van der Waals surface area contributed by atoms with E-state index in [9.17, 15) is 4.79 Å². The lowest BCUT2D eigenvalue weighted by atomic mass is 9.47. The Bertz CT molecular complexity index is 504. The number of hydrogen-bond donors (Lipinski definition) is 0. The molecule has 0 heterocycles. The van der Waals surface area contributed by atoms with E-state index < -0.39 is 0 Å². The molecule has 0 aromatic carbocycles. The van der Waals surface area contributed by atoms with E-state index in [0.717, 1.165) is 36.5 Å². The van der Waals surface area contributed by atoms with Crippen LogP contribution in [-0.4, -0.2) is 5.78 Å². The summed E-state index contributed by atoms with van der Waals surface area (Å²) in [5.41, 5.74) is 2.47. The van der Waals surface area contributed by atoms with Crippen molar-refractivity contribution in [2.45, 2.75) is 72.1 Å². The Kier molecular flexibility index (Phi) is 2.98. The zero-order valence-corrected chi connectivity index (χ0v) is 14.0. The fourth-order valence-corrected chi connectivity index (χ4v) is 6.82. The number of fused-ring (bicyclic) bond motifs is 5. The van der Waals surface area contributed by atoms with E-state index in [2.05, 4.69) is 20.8 Å². The molecule has 3 fully saturated rings. The fraction of sp³-hybridized carbons (Fsp3) is 0.850. The van der Waals surface area contributed by atoms with Crippen molar-refractivity contribution in [3.05, 3.63) is 11.6 Å². The fourth-order valence-electron chi connectivity index (χ4n) is 6.82. The second-order valence-corrected chi connectivity index (χ2v) is 8.99. The average molecular weight is 286 g/mol.